The lowest BCUT2D eigenvalue weighted by Crippen LogP contribution is -2.20. The molecule has 112 valence electrons. The van der Waals surface area contributed by atoms with Gasteiger partial charge in [0, 0.05) is 22.1 Å². The first-order chi connectivity index (χ1) is 10.0. The lowest BCUT2D eigenvalue weighted by atomic mass is 9.98. The molecule has 1 unspecified atom stereocenters. The molecule has 0 spiro atoms. The van der Waals surface area contributed by atoms with Gasteiger partial charge in [-0.05, 0) is 43.3 Å². The zero-order valence-corrected chi connectivity index (χ0v) is 13.4. The number of hydrogen-bond donors (Lipinski definition) is 1. The number of hydrogen-bond acceptors (Lipinski definition) is 2. The Morgan fingerprint density at radius 2 is 1.95 bits per heavy atom. The van der Waals surface area contributed by atoms with E-state index in [1.165, 1.54) is 12.1 Å². The number of rotatable bonds is 5. The first kappa shape index (κ1) is 15.9. The zero-order chi connectivity index (χ0) is 15.4. The van der Waals surface area contributed by atoms with Crippen molar-refractivity contribution in [3.63, 3.8) is 0 Å². The summed E-state index contributed by atoms with van der Waals surface area (Å²) in [5.41, 5.74) is 1.37. The molecule has 0 aliphatic heterocycles. The van der Waals surface area contributed by atoms with Crippen LogP contribution in [0.1, 0.15) is 17.2 Å². The van der Waals surface area contributed by atoms with Gasteiger partial charge in [-0.2, -0.15) is 0 Å². The molecule has 0 aliphatic carbocycles. The normalized spacial score (nSPS) is 12.2. The van der Waals surface area contributed by atoms with Crippen LogP contribution in [0.2, 0.25) is 0 Å². The van der Waals surface area contributed by atoms with Crippen molar-refractivity contribution in [1.82, 2.24) is 5.32 Å². The van der Waals surface area contributed by atoms with Crippen LogP contribution in [0.4, 0.5) is 8.78 Å². The summed E-state index contributed by atoms with van der Waals surface area (Å²) < 4.78 is 33.2. The highest BCUT2D eigenvalue weighted by molar-refractivity contribution is 9.10. The number of methoxy groups -OCH3 is 1. The molecule has 0 aromatic heterocycles. The molecule has 0 aliphatic rings. The predicted octanol–water partition coefficient (Wildman–Crippen LogP) is 4.24. The molecule has 5 heteroatoms. The van der Waals surface area contributed by atoms with Crippen LogP contribution < -0.4 is 10.1 Å². The van der Waals surface area contributed by atoms with Crippen molar-refractivity contribution < 1.29 is 13.5 Å². The molecule has 2 aromatic carbocycles. The van der Waals surface area contributed by atoms with E-state index in [0.29, 0.717) is 12.0 Å². The van der Waals surface area contributed by atoms with E-state index >= 15 is 0 Å². The third-order valence-electron chi connectivity index (χ3n) is 3.35. The molecule has 0 saturated heterocycles. The zero-order valence-electron chi connectivity index (χ0n) is 11.8. The second-order valence-electron chi connectivity index (χ2n) is 4.67. The van der Waals surface area contributed by atoms with Crippen LogP contribution in [0.15, 0.2) is 40.9 Å². The summed E-state index contributed by atoms with van der Waals surface area (Å²) in [6, 6.07) is 9.04. The van der Waals surface area contributed by atoms with Gasteiger partial charge in [0.05, 0.1) is 7.11 Å². The van der Waals surface area contributed by atoms with Gasteiger partial charge in [-0.1, -0.05) is 22.0 Å². The topological polar surface area (TPSA) is 21.3 Å². The summed E-state index contributed by atoms with van der Waals surface area (Å²) in [7, 11) is 3.34. The van der Waals surface area contributed by atoms with Crippen molar-refractivity contribution in [3.05, 3.63) is 63.6 Å². The van der Waals surface area contributed by atoms with Crippen LogP contribution in [0, 0.1) is 11.6 Å². The van der Waals surface area contributed by atoms with E-state index in [0.717, 1.165) is 21.9 Å². The van der Waals surface area contributed by atoms with Gasteiger partial charge in [0.25, 0.3) is 0 Å². The Morgan fingerprint density at radius 3 is 2.57 bits per heavy atom. The Bertz CT molecular complexity index is 634. The predicted molar refractivity (Wildman–Crippen MR) is 82.6 cm³/mol. The van der Waals surface area contributed by atoms with Crippen LogP contribution >= 0.6 is 15.9 Å². The Hall–Kier alpha value is -1.46. The molecule has 2 aromatic rings. The Morgan fingerprint density at radius 1 is 1.19 bits per heavy atom. The van der Waals surface area contributed by atoms with Crippen molar-refractivity contribution in [3.8, 4) is 5.75 Å². The Kier molecular flexibility index (Phi) is 5.31. The van der Waals surface area contributed by atoms with Gasteiger partial charge in [-0.25, -0.2) is 8.78 Å². The van der Waals surface area contributed by atoms with Crippen LogP contribution in [0.5, 0.6) is 5.75 Å². The molecule has 0 radical (unpaired) electrons. The number of likely N-dealkylation sites (N-methyl/N-ethyl adjacent to an activating group) is 1. The molecule has 1 N–H and O–H groups in total. The second-order valence-corrected chi connectivity index (χ2v) is 5.58. The number of benzene rings is 2. The highest BCUT2D eigenvalue weighted by atomic mass is 79.9. The average molecular weight is 356 g/mol. The molecular weight excluding hydrogens is 340 g/mol. The van der Waals surface area contributed by atoms with Crippen molar-refractivity contribution in [2.24, 2.45) is 0 Å². The molecule has 1 atom stereocenters. The summed E-state index contributed by atoms with van der Waals surface area (Å²) in [5, 5.41) is 3.06. The van der Waals surface area contributed by atoms with E-state index in [4.69, 9.17) is 4.74 Å². The van der Waals surface area contributed by atoms with E-state index in [-0.39, 0.29) is 6.04 Å². The number of halogens is 3. The summed E-state index contributed by atoms with van der Waals surface area (Å²) in [4.78, 5) is 0. The maximum Gasteiger partial charge on any atom is 0.130 e. The SMILES string of the molecule is CNC(Cc1cc(Br)ccc1OC)c1ccc(F)cc1F. The number of ether oxygens (including phenoxy) is 1. The smallest absolute Gasteiger partial charge is 0.130 e. The van der Waals surface area contributed by atoms with Gasteiger partial charge in [0.15, 0.2) is 0 Å². The van der Waals surface area contributed by atoms with Gasteiger partial charge in [0.1, 0.15) is 17.4 Å². The minimum atomic E-state index is -0.578. The van der Waals surface area contributed by atoms with Gasteiger partial charge in [0.2, 0.25) is 0 Å². The highest BCUT2D eigenvalue weighted by Gasteiger charge is 2.17. The largest absolute Gasteiger partial charge is 0.496 e. The van der Waals surface area contributed by atoms with Crippen molar-refractivity contribution in [1.29, 1.82) is 0 Å². The van der Waals surface area contributed by atoms with Gasteiger partial charge in [-0.15, -0.1) is 0 Å². The minimum Gasteiger partial charge on any atom is -0.496 e. The highest BCUT2D eigenvalue weighted by Crippen LogP contribution is 2.29. The molecule has 0 heterocycles. The summed E-state index contributed by atoms with van der Waals surface area (Å²) in [5.74, 6) is -0.393. The van der Waals surface area contributed by atoms with E-state index in [1.54, 1.807) is 14.2 Å². The lowest BCUT2D eigenvalue weighted by molar-refractivity contribution is 0.405. The van der Waals surface area contributed by atoms with E-state index in [2.05, 4.69) is 21.2 Å². The molecule has 2 rings (SSSR count). The molecule has 21 heavy (non-hydrogen) atoms. The number of nitrogens with one attached hydrogen (secondary N) is 1. The van der Waals surface area contributed by atoms with Crippen LogP contribution in [-0.2, 0) is 6.42 Å². The fourth-order valence-electron chi connectivity index (χ4n) is 2.28. The van der Waals surface area contributed by atoms with Crippen molar-refractivity contribution in [2.45, 2.75) is 12.5 Å². The maximum atomic E-state index is 13.9. The molecule has 0 bridgehead atoms. The third kappa shape index (κ3) is 3.80. The van der Waals surface area contributed by atoms with E-state index in [9.17, 15) is 8.78 Å². The molecule has 2 nitrogen and oxygen atoms in total. The molecule has 0 fully saturated rings. The third-order valence-corrected chi connectivity index (χ3v) is 3.85. The Labute approximate surface area is 131 Å². The first-order valence-electron chi connectivity index (χ1n) is 6.49. The molecule has 0 saturated carbocycles. The monoisotopic (exact) mass is 355 g/mol. The summed E-state index contributed by atoms with van der Waals surface area (Å²) in [6.45, 7) is 0. The molecule has 0 amide bonds. The molecular formula is C16H16BrF2NO. The van der Waals surface area contributed by atoms with Crippen molar-refractivity contribution >= 4 is 15.9 Å². The van der Waals surface area contributed by atoms with Crippen LogP contribution in [0.3, 0.4) is 0 Å². The van der Waals surface area contributed by atoms with Crippen LogP contribution in [-0.4, -0.2) is 14.2 Å². The fourth-order valence-corrected chi connectivity index (χ4v) is 2.69. The lowest BCUT2D eigenvalue weighted by Gasteiger charge is -2.19. The van der Waals surface area contributed by atoms with Gasteiger partial charge in [-0.3, -0.25) is 0 Å². The first-order valence-corrected chi connectivity index (χ1v) is 7.29. The second kappa shape index (κ2) is 7.00. The van der Waals surface area contributed by atoms with Gasteiger partial charge >= 0.3 is 0 Å². The van der Waals surface area contributed by atoms with E-state index < -0.39 is 11.6 Å². The minimum absolute atomic E-state index is 0.270. The van der Waals surface area contributed by atoms with Crippen molar-refractivity contribution in [2.75, 3.05) is 14.2 Å². The van der Waals surface area contributed by atoms with Gasteiger partial charge < -0.3 is 10.1 Å². The summed E-state index contributed by atoms with van der Waals surface area (Å²) in [6.07, 6.45) is 0.529. The average Bonchev–Trinajstić information content (AvgIpc) is 2.45. The fraction of sp³-hybridized carbons (Fsp3) is 0.250. The summed E-state index contributed by atoms with van der Waals surface area (Å²) >= 11 is 3.42. The quantitative estimate of drug-likeness (QED) is 0.865. The maximum absolute atomic E-state index is 13.9. The van der Waals surface area contributed by atoms with E-state index in [1.807, 2.05) is 18.2 Å². The van der Waals surface area contributed by atoms with Crippen LogP contribution in [0.25, 0.3) is 0 Å². The Balaban J connectivity index is 2.33. The standard InChI is InChI=1S/C16H16BrF2NO/c1-20-15(13-5-4-12(18)9-14(13)19)8-10-7-11(17)3-6-16(10)21-2/h3-7,9,15,20H,8H2,1-2H3.